The van der Waals surface area contributed by atoms with E-state index in [9.17, 15) is 9.59 Å². The number of carbonyl (C=O) groups excluding carboxylic acids is 2. The van der Waals surface area contributed by atoms with Crippen LogP contribution < -0.4 is 9.64 Å². The second kappa shape index (κ2) is 7.71. The summed E-state index contributed by atoms with van der Waals surface area (Å²) in [5.74, 6) is -0.309. The number of nitrogens with zero attached hydrogens (tertiary/aromatic N) is 1. The van der Waals surface area contributed by atoms with Crippen LogP contribution in [0.1, 0.15) is 11.1 Å². The Morgan fingerprint density at radius 1 is 0.750 bits per heavy atom. The van der Waals surface area contributed by atoms with Crippen molar-refractivity contribution in [1.82, 2.24) is 0 Å². The highest BCUT2D eigenvalue weighted by molar-refractivity contribution is 6.60. The lowest BCUT2D eigenvalue weighted by Crippen LogP contribution is -2.31. The van der Waals surface area contributed by atoms with Crippen LogP contribution in [0, 0.1) is 0 Å². The minimum absolute atomic E-state index is 0.0689. The van der Waals surface area contributed by atoms with Crippen molar-refractivity contribution in [3.63, 3.8) is 0 Å². The van der Waals surface area contributed by atoms with Gasteiger partial charge >= 0.3 is 0 Å². The van der Waals surface area contributed by atoms with E-state index in [0.717, 1.165) is 10.5 Å². The fourth-order valence-electron chi connectivity index (χ4n) is 3.02. The van der Waals surface area contributed by atoms with E-state index in [-0.39, 0.29) is 10.6 Å². The number of anilines is 1. The highest BCUT2D eigenvalue weighted by atomic mass is 35.5. The zero-order chi connectivity index (χ0) is 19.5. The van der Waals surface area contributed by atoms with Gasteiger partial charge in [-0.3, -0.25) is 9.59 Å². The average molecular weight is 390 g/mol. The molecule has 0 bridgehead atoms. The van der Waals surface area contributed by atoms with E-state index in [2.05, 4.69) is 0 Å². The van der Waals surface area contributed by atoms with Gasteiger partial charge in [-0.2, -0.15) is 0 Å². The Bertz CT molecular complexity index is 1040. The van der Waals surface area contributed by atoms with E-state index in [0.29, 0.717) is 23.6 Å². The Hall–Kier alpha value is -3.37. The van der Waals surface area contributed by atoms with E-state index in [1.54, 1.807) is 48.5 Å². The largest absolute Gasteiger partial charge is 0.489 e. The van der Waals surface area contributed by atoms with Crippen molar-refractivity contribution in [3.05, 3.63) is 101 Å². The standard InChI is InChI=1S/C23H16ClNO3/c24-21-20(17-9-5-2-6-10-17)22(26)25(23(21)27)18-11-13-19(14-12-18)28-15-16-7-3-1-4-8-16/h1-14H,15H2. The molecule has 0 fully saturated rings. The van der Waals surface area contributed by atoms with Crippen LogP contribution in [0.2, 0.25) is 0 Å². The number of halogens is 1. The fourth-order valence-corrected chi connectivity index (χ4v) is 3.30. The molecule has 0 saturated carbocycles. The predicted octanol–water partition coefficient (Wildman–Crippen LogP) is 4.79. The van der Waals surface area contributed by atoms with Crippen LogP contribution in [0.4, 0.5) is 5.69 Å². The second-order valence-corrected chi connectivity index (χ2v) is 6.65. The first-order valence-electron chi connectivity index (χ1n) is 8.76. The minimum atomic E-state index is -0.525. The molecular weight excluding hydrogens is 374 g/mol. The molecule has 1 aliphatic heterocycles. The molecule has 0 N–H and O–H groups in total. The first-order valence-corrected chi connectivity index (χ1v) is 9.14. The van der Waals surface area contributed by atoms with Crippen molar-refractivity contribution in [1.29, 1.82) is 0 Å². The lowest BCUT2D eigenvalue weighted by atomic mass is 10.1. The third-order valence-electron chi connectivity index (χ3n) is 4.43. The van der Waals surface area contributed by atoms with Gasteiger partial charge in [-0.05, 0) is 35.4 Å². The number of imide groups is 1. The molecule has 3 aromatic carbocycles. The summed E-state index contributed by atoms with van der Waals surface area (Å²) in [6.07, 6.45) is 0. The zero-order valence-corrected chi connectivity index (χ0v) is 15.6. The van der Waals surface area contributed by atoms with Crippen molar-refractivity contribution < 1.29 is 14.3 Å². The summed E-state index contributed by atoms with van der Waals surface area (Å²) in [6, 6.07) is 25.6. The number of carbonyl (C=O) groups is 2. The lowest BCUT2D eigenvalue weighted by Gasteiger charge is -2.15. The number of hydrogen-bond donors (Lipinski definition) is 0. The normalized spacial score (nSPS) is 14.0. The molecular formula is C23H16ClNO3. The molecule has 4 nitrogen and oxygen atoms in total. The molecule has 1 aliphatic rings. The summed E-state index contributed by atoms with van der Waals surface area (Å²) in [5, 5.41) is -0.0689. The lowest BCUT2D eigenvalue weighted by molar-refractivity contribution is -0.119. The van der Waals surface area contributed by atoms with E-state index >= 15 is 0 Å². The quantitative estimate of drug-likeness (QED) is 0.589. The van der Waals surface area contributed by atoms with Crippen molar-refractivity contribution >= 4 is 34.7 Å². The molecule has 0 saturated heterocycles. The maximum Gasteiger partial charge on any atom is 0.277 e. The maximum atomic E-state index is 12.9. The summed E-state index contributed by atoms with van der Waals surface area (Å²) in [5.41, 5.74) is 2.35. The molecule has 3 aromatic rings. The molecule has 138 valence electrons. The third-order valence-corrected chi connectivity index (χ3v) is 4.78. The molecule has 28 heavy (non-hydrogen) atoms. The van der Waals surface area contributed by atoms with Gasteiger partial charge in [-0.25, -0.2) is 4.90 Å². The molecule has 4 rings (SSSR count). The number of amides is 2. The maximum absolute atomic E-state index is 12.9. The van der Waals surface area contributed by atoms with Gasteiger partial charge in [0.25, 0.3) is 11.8 Å². The van der Waals surface area contributed by atoms with Crippen LogP contribution in [-0.2, 0) is 16.2 Å². The van der Waals surface area contributed by atoms with E-state index in [4.69, 9.17) is 16.3 Å². The number of ether oxygens (including phenoxy) is 1. The first-order chi connectivity index (χ1) is 13.6. The van der Waals surface area contributed by atoms with Crippen LogP contribution in [0.25, 0.3) is 5.57 Å². The van der Waals surface area contributed by atoms with E-state index in [1.807, 2.05) is 36.4 Å². The highest BCUT2D eigenvalue weighted by Crippen LogP contribution is 2.35. The average Bonchev–Trinajstić information content (AvgIpc) is 2.97. The zero-order valence-electron chi connectivity index (χ0n) is 14.8. The monoisotopic (exact) mass is 389 g/mol. The van der Waals surface area contributed by atoms with Gasteiger partial charge < -0.3 is 4.74 Å². The molecule has 5 heteroatoms. The van der Waals surface area contributed by atoms with E-state index in [1.165, 1.54) is 0 Å². The molecule has 0 aliphatic carbocycles. The Morgan fingerprint density at radius 3 is 2.00 bits per heavy atom. The van der Waals surface area contributed by atoms with Crippen molar-refractivity contribution in [2.24, 2.45) is 0 Å². The summed E-state index contributed by atoms with van der Waals surface area (Å²) in [6.45, 7) is 0.438. The van der Waals surface area contributed by atoms with Gasteiger partial charge in [-0.15, -0.1) is 0 Å². The van der Waals surface area contributed by atoms with Gasteiger partial charge in [0.1, 0.15) is 17.4 Å². The topological polar surface area (TPSA) is 46.6 Å². The molecule has 0 spiro atoms. The highest BCUT2D eigenvalue weighted by Gasteiger charge is 2.39. The first kappa shape index (κ1) is 18.0. The van der Waals surface area contributed by atoms with Gasteiger partial charge in [0.05, 0.1) is 11.3 Å². The molecule has 2 amide bonds. The molecule has 0 radical (unpaired) electrons. The van der Waals surface area contributed by atoms with Gasteiger partial charge in [0.2, 0.25) is 0 Å². The van der Waals surface area contributed by atoms with Crippen molar-refractivity contribution in [3.8, 4) is 5.75 Å². The number of benzene rings is 3. The van der Waals surface area contributed by atoms with Gasteiger partial charge in [0, 0.05) is 0 Å². The van der Waals surface area contributed by atoms with Crippen LogP contribution in [-0.4, -0.2) is 11.8 Å². The van der Waals surface area contributed by atoms with Crippen LogP contribution in [0.5, 0.6) is 5.75 Å². The van der Waals surface area contributed by atoms with Gasteiger partial charge in [0.15, 0.2) is 0 Å². The van der Waals surface area contributed by atoms with Crippen LogP contribution in [0.3, 0.4) is 0 Å². The summed E-state index contributed by atoms with van der Waals surface area (Å²) in [7, 11) is 0. The van der Waals surface area contributed by atoms with Crippen molar-refractivity contribution in [2.75, 3.05) is 4.90 Å². The van der Waals surface area contributed by atoms with E-state index < -0.39 is 11.8 Å². The molecule has 0 atom stereocenters. The predicted molar refractivity (Wildman–Crippen MR) is 109 cm³/mol. The Labute approximate surface area is 167 Å². The molecule has 1 heterocycles. The van der Waals surface area contributed by atoms with Crippen LogP contribution >= 0.6 is 11.6 Å². The number of rotatable bonds is 5. The number of hydrogen-bond acceptors (Lipinski definition) is 3. The summed E-state index contributed by atoms with van der Waals surface area (Å²) < 4.78 is 5.75. The second-order valence-electron chi connectivity index (χ2n) is 6.27. The third kappa shape index (κ3) is 3.42. The summed E-state index contributed by atoms with van der Waals surface area (Å²) >= 11 is 6.19. The van der Waals surface area contributed by atoms with Crippen LogP contribution in [0.15, 0.2) is 90.0 Å². The molecule has 0 unspecified atom stereocenters. The fraction of sp³-hybridized carbons (Fsp3) is 0.0435. The Balaban J connectivity index is 1.52. The smallest absolute Gasteiger partial charge is 0.277 e. The minimum Gasteiger partial charge on any atom is -0.489 e. The van der Waals surface area contributed by atoms with Crippen molar-refractivity contribution in [2.45, 2.75) is 6.61 Å². The van der Waals surface area contributed by atoms with Gasteiger partial charge in [-0.1, -0.05) is 72.3 Å². The molecule has 0 aromatic heterocycles. The Morgan fingerprint density at radius 2 is 1.36 bits per heavy atom. The Kier molecular flexibility index (Phi) is 4.96. The summed E-state index contributed by atoms with van der Waals surface area (Å²) in [4.78, 5) is 26.5. The SMILES string of the molecule is O=C1C(Cl)=C(c2ccccc2)C(=O)N1c1ccc(OCc2ccccc2)cc1.